The summed E-state index contributed by atoms with van der Waals surface area (Å²) in [5.74, 6) is 0.430. The molecule has 0 unspecified atom stereocenters. The first-order chi connectivity index (χ1) is 8.63. The van der Waals surface area contributed by atoms with Crippen LogP contribution in [0.25, 0.3) is 0 Å². The van der Waals surface area contributed by atoms with Gasteiger partial charge >= 0.3 is 6.18 Å². The summed E-state index contributed by atoms with van der Waals surface area (Å²) in [5.41, 5.74) is 5.27. The number of hydrogen-bond donors (Lipinski definition) is 1. The maximum atomic E-state index is 12.6. The van der Waals surface area contributed by atoms with Gasteiger partial charge in [-0.1, -0.05) is 20.8 Å². The Morgan fingerprint density at radius 2 is 1.79 bits per heavy atom. The van der Waals surface area contributed by atoms with Crippen molar-refractivity contribution >= 4 is 0 Å². The normalized spacial score (nSPS) is 12.6. The predicted molar refractivity (Wildman–Crippen MR) is 68.9 cm³/mol. The molecule has 0 saturated heterocycles. The smallest absolute Gasteiger partial charge is 0.416 e. The Balaban J connectivity index is 2.80. The van der Waals surface area contributed by atoms with Crippen LogP contribution in [0, 0.1) is 5.41 Å². The first kappa shape index (κ1) is 15.8. The Morgan fingerprint density at radius 3 is 2.26 bits per heavy atom. The van der Waals surface area contributed by atoms with Crippen molar-refractivity contribution in [2.24, 2.45) is 11.1 Å². The van der Waals surface area contributed by atoms with Gasteiger partial charge in [-0.15, -0.1) is 0 Å². The van der Waals surface area contributed by atoms with E-state index in [1.165, 1.54) is 6.07 Å². The van der Waals surface area contributed by atoms with Gasteiger partial charge in [0, 0.05) is 12.1 Å². The van der Waals surface area contributed by atoms with E-state index in [2.05, 4.69) is 20.8 Å². The minimum atomic E-state index is -4.35. The lowest BCUT2D eigenvalue weighted by atomic mass is 9.93. The predicted octanol–water partition coefficient (Wildman–Crippen LogP) is 3.98. The quantitative estimate of drug-likeness (QED) is 0.902. The maximum absolute atomic E-state index is 12.6. The summed E-state index contributed by atoms with van der Waals surface area (Å²) in [7, 11) is 0. The molecule has 0 aliphatic rings. The Labute approximate surface area is 111 Å². The highest BCUT2D eigenvalue weighted by Gasteiger charge is 2.31. The van der Waals surface area contributed by atoms with E-state index in [0.29, 0.717) is 17.9 Å². The Bertz CT molecular complexity index is 422. The van der Waals surface area contributed by atoms with Gasteiger partial charge in [-0.25, -0.2) is 0 Å². The van der Waals surface area contributed by atoms with Crippen molar-refractivity contribution in [1.29, 1.82) is 0 Å². The molecule has 0 radical (unpaired) electrons. The molecule has 19 heavy (non-hydrogen) atoms. The number of benzene rings is 1. The fourth-order valence-electron chi connectivity index (χ4n) is 1.52. The summed E-state index contributed by atoms with van der Waals surface area (Å²) < 4.78 is 43.2. The number of alkyl halides is 3. The van der Waals surface area contributed by atoms with Crippen molar-refractivity contribution in [3.8, 4) is 5.75 Å². The van der Waals surface area contributed by atoms with E-state index in [-0.39, 0.29) is 12.0 Å². The molecule has 0 atom stereocenters. The first-order valence-electron chi connectivity index (χ1n) is 6.16. The fraction of sp³-hybridized carbons (Fsp3) is 0.571. The minimum Gasteiger partial charge on any atom is -0.493 e. The molecule has 1 aromatic carbocycles. The van der Waals surface area contributed by atoms with Crippen molar-refractivity contribution in [3.63, 3.8) is 0 Å². The van der Waals surface area contributed by atoms with E-state index in [1.54, 1.807) is 0 Å². The van der Waals surface area contributed by atoms with Gasteiger partial charge in [-0.2, -0.15) is 13.2 Å². The van der Waals surface area contributed by atoms with E-state index < -0.39 is 11.7 Å². The summed E-state index contributed by atoms with van der Waals surface area (Å²) in [6.45, 7) is 6.71. The van der Waals surface area contributed by atoms with Crippen LogP contribution in [0.4, 0.5) is 13.2 Å². The highest BCUT2D eigenvalue weighted by molar-refractivity contribution is 5.38. The van der Waals surface area contributed by atoms with Gasteiger partial charge in [0.2, 0.25) is 0 Å². The number of hydrogen-bond acceptors (Lipinski definition) is 2. The van der Waals surface area contributed by atoms with Gasteiger partial charge in [0.25, 0.3) is 0 Å². The number of rotatable bonds is 4. The largest absolute Gasteiger partial charge is 0.493 e. The van der Waals surface area contributed by atoms with Crippen LogP contribution in [-0.2, 0) is 12.7 Å². The number of nitrogens with two attached hydrogens (primary N) is 1. The summed E-state index contributed by atoms with van der Waals surface area (Å²) in [5, 5.41) is 0. The topological polar surface area (TPSA) is 35.2 Å². The SMILES string of the molecule is CC(C)(C)CCOc1ccc(C(F)(F)F)cc1CN. The van der Waals surface area contributed by atoms with Crippen LogP contribution in [0.1, 0.15) is 38.3 Å². The highest BCUT2D eigenvalue weighted by atomic mass is 19.4. The molecule has 108 valence electrons. The van der Waals surface area contributed by atoms with E-state index >= 15 is 0 Å². The van der Waals surface area contributed by atoms with E-state index in [4.69, 9.17) is 10.5 Å². The van der Waals surface area contributed by atoms with Crippen LogP contribution in [0.5, 0.6) is 5.75 Å². The molecule has 1 aromatic rings. The van der Waals surface area contributed by atoms with Crippen LogP contribution in [0.15, 0.2) is 18.2 Å². The molecule has 1 rings (SSSR count). The van der Waals surface area contributed by atoms with E-state index in [9.17, 15) is 13.2 Å². The molecule has 0 spiro atoms. The molecular weight excluding hydrogens is 255 g/mol. The zero-order chi connectivity index (χ0) is 14.7. The molecule has 0 saturated carbocycles. The minimum absolute atomic E-state index is 0.0226. The van der Waals surface area contributed by atoms with Gasteiger partial charge in [0.1, 0.15) is 5.75 Å². The summed E-state index contributed by atoms with van der Waals surface area (Å²) in [6.07, 6.45) is -3.54. The molecule has 5 heteroatoms. The van der Waals surface area contributed by atoms with E-state index in [1.807, 2.05) is 0 Å². The van der Waals surface area contributed by atoms with Crippen LogP contribution >= 0.6 is 0 Å². The molecule has 0 aliphatic carbocycles. The molecule has 2 nitrogen and oxygen atoms in total. The molecule has 0 fully saturated rings. The lowest BCUT2D eigenvalue weighted by Crippen LogP contribution is -2.13. The third-order valence-corrected chi connectivity index (χ3v) is 2.72. The van der Waals surface area contributed by atoms with Gasteiger partial charge in [-0.05, 0) is 30.0 Å². The fourth-order valence-corrected chi connectivity index (χ4v) is 1.52. The van der Waals surface area contributed by atoms with Crippen molar-refractivity contribution < 1.29 is 17.9 Å². The maximum Gasteiger partial charge on any atom is 0.416 e. The van der Waals surface area contributed by atoms with Crippen molar-refractivity contribution in [1.82, 2.24) is 0 Å². The Kier molecular flexibility index (Phi) is 4.85. The molecule has 0 aromatic heterocycles. The summed E-state index contributed by atoms with van der Waals surface area (Å²) >= 11 is 0. The van der Waals surface area contributed by atoms with Crippen LogP contribution in [0.2, 0.25) is 0 Å². The third-order valence-electron chi connectivity index (χ3n) is 2.72. The average molecular weight is 275 g/mol. The lowest BCUT2D eigenvalue weighted by molar-refractivity contribution is -0.137. The van der Waals surface area contributed by atoms with E-state index in [0.717, 1.165) is 18.6 Å². The third kappa shape index (κ3) is 5.11. The molecule has 0 bridgehead atoms. The second kappa shape index (κ2) is 5.82. The van der Waals surface area contributed by atoms with Gasteiger partial charge in [-0.3, -0.25) is 0 Å². The molecule has 2 N–H and O–H groups in total. The first-order valence-corrected chi connectivity index (χ1v) is 6.16. The van der Waals surface area contributed by atoms with Crippen molar-refractivity contribution in [3.05, 3.63) is 29.3 Å². The van der Waals surface area contributed by atoms with Gasteiger partial charge in [0.15, 0.2) is 0 Å². The number of halogens is 3. The van der Waals surface area contributed by atoms with Crippen molar-refractivity contribution in [2.75, 3.05) is 6.61 Å². The van der Waals surface area contributed by atoms with Crippen LogP contribution in [-0.4, -0.2) is 6.61 Å². The molecular formula is C14H20F3NO. The van der Waals surface area contributed by atoms with Crippen LogP contribution < -0.4 is 10.5 Å². The Hall–Kier alpha value is -1.23. The molecule has 0 heterocycles. The average Bonchev–Trinajstić information content (AvgIpc) is 2.26. The summed E-state index contributed by atoms with van der Waals surface area (Å²) in [6, 6.07) is 3.41. The highest BCUT2D eigenvalue weighted by Crippen LogP contribution is 2.32. The molecule has 0 amide bonds. The monoisotopic (exact) mass is 275 g/mol. The van der Waals surface area contributed by atoms with Gasteiger partial charge < -0.3 is 10.5 Å². The standard InChI is InChI=1S/C14H20F3NO/c1-13(2,3)6-7-19-12-5-4-11(14(15,16)17)8-10(12)9-18/h4-5,8H,6-7,9,18H2,1-3H3. The Morgan fingerprint density at radius 1 is 1.16 bits per heavy atom. The summed E-state index contributed by atoms with van der Waals surface area (Å²) in [4.78, 5) is 0. The second-order valence-corrected chi connectivity index (χ2v) is 5.68. The number of ether oxygens (including phenoxy) is 1. The lowest BCUT2D eigenvalue weighted by Gasteiger charge is -2.19. The zero-order valence-electron chi connectivity index (χ0n) is 11.5. The molecule has 0 aliphatic heterocycles. The second-order valence-electron chi connectivity index (χ2n) is 5.68. The van der Waals surface area contributed by atoms with Crippen LogP contribution in [0.3, 0.4) is 0 Å². The van der Waals surface area contributed by atoms with Gasteiger partial charge in [0.05, 0.1) is 12.2 Å². The zero-order valence-corrected chi connectivity index (χ0v) is 11.5. The van der Waals surface area contributed by atoms with Crippen molar-refractivity contribution in [2.45, 2.75) is 39.9 Å².